The number of benzene rings is 1. The molecule has 0 fully saturated rings. The molecular formula is C21H31N2O3. The van der Waals surface area contributed by atoms with E-state index in [0.29, 0.717) is 11.3 Å². The SMILES string of the molecule is CCCCCCCCCCCC(=O)N(C[C]=O)C(=O)c1ccc(N)cc1. The fraction of sp³-hybridized carbons (Fsp3) is 0.571. The van der Waals surface area contributed by atoms with Crippen LogP contribution >= 0.6 is 0 Å². The number of hydrogen-bond donors (Lipinski definition) is 1. The van der Waals surface area contributed by atoms with E-state index in [0.717, 1.165) is 24.2 Å². The molecule has 5 heteroatoms. The molecule has 0 unspecified atom stereocenters. The molecule has 0 aliphatic heterocycles. The van der Waals surface area contributed by atoms with E-state index in [1.165, 1.54) is 38.5 Å². The van der Waals surface area contributed by atoms with Crippen LogP contribution in [0.5, 0.6) is 0 Å². The first-order valence-electron chi connectivity index (χ1n) is 9.65. The number of anilines is 1. The maximum Gasteiger partial charge on any atom is 0.260 e. The van der Waals surface area contributed by atoms with E-state index in [2.05, 4.69) is 6.92 Å². The molecule has 0 aromatic heterocycles. The Morgan fingerprint density at radius 1 is 0.923 bits per heavy atom. The zero-order chi connectivity index (χ0) is 19.2. The quantitative estimate of drug-likeness (QED) is 0.421. The molecule has 5 nitrogen and oxygen atoms in total. The smallest absolute Gasteiger partial charge is 0.260 e. The predicted molar refractivity (Wildman–Crippen MR) is 104 cm³/mol. The molecular weight excluding hydrogens is 328 g/mol. The second-order valence-electron chi connectivity index (χ2n) is 6.63. The second-order valence-corrected chi connectivity index (χ2v) is 6.63. The van der Waals surface area contributed by atoms with Gasteiger partial charge in [-0.1, -0.05) is 58.3 Å². The summed E-state index contributed by atoms with van der Waals surface area (Å²) < 4.78 is 0. The van der Waals surface area contributed by atoms with Gasteiger partial charge in [0.15, 0.2) is 0 Å². The Kier molecular flexibility index (Phi) is 11.0. The Bertz CT molecular complexity index is 555. The molecule has 0 aliphatic carbocycles. The average Bonchev–Trinajstić information content (AvgIpc) is 2.64. The summed E-state index contributed by atoms with van der Waals surface area (Å²) in [7, 11) is 0. The number of unbranched alkanes of at least 4 members (excludes halogenated alkanes) is 8. The first kappa shape index (κ1) is 21.9. The number of carbonyl (C=O) groups is 2. The lowest BCUT2D eigenvalue weighted by atomic mass is 10.1. The van der Waals surface area contributed by atoms with Gasteiger partial charge in [0.2, 0.25) is 12.2 Å². The average molecular weight is 359 g/mol. The second kappa shape index (κ2) is 13.1. The predicted octanol–water partition coefficient (Wildman–Crippen LogP) is 4.27. The first-order valence-corrected chi connectivity index (χ1v) is 9.65. The molecule has 0 heterocycles. The van der Waals surface area contributed by atoms with Crippen LogP contribution in [0.2, 0.25) is 0 Å². The van der Waals surface area contributed by atoms with Crippen LogP contribution in [0.4, 0.5) is 5.69 Å². The van der Waals surface area contributed by atoms with Crippen LogP contribution in [0.1, 0.15) is 81.5 Å². The summed E-state index contributed by atoms with van der Waals surface area (Å²) >= 11 is 0. The van der Waals surface area contributed by atoms with Crippen LogP contribution in [-0.4, -0.2) is 29.5 Å². The standard InChI is InChI=1S/C21H31N2O3/c1-2-3-4-5-6-7-8-9-10-11-20(25)23(16-17-24)21(26)18-12-14-19(22)15-13-18/h12-15H,2-11,16,22H2,1H3. The number of rotatable bonds is 13. The van der Waals surface area contributed by atoms with E-state index in [1.807, 2.05) is 0 Å². The number of amides is 2. The number of carbonyl (C=O) groups excluding carboxylic acids is 3. The third kappa shape index (κ3) is 8.28. The van der Waals surface area contributed by atoms with Crippen LogP contribution in [-0.2, 0) is 9.59 Å². The number of nitrogens with two attached hydrogens (primary N) is 1. The van der Waals surface area contributed by atoms with Crippen LogP contribution in [0.15, 0.2) is 24.3 Å². The molecule has 0 saturated carbocycles. The minimum absolute atomic E-state index is 0.276. The molecule has 0 atom stereocenters. The maximum absolute atomic E-state index is 12.4. The molecule has 0 spiro atoms. The molecule has 1 aromatic rings. The maximum atomic E-state index is 12.4. The van der Waals surface area contributed by atoms with Crippen molar-refractivity contribution in [2.24, 2.45) is 0 Å². The van der Waals surface area contributed by atoms with Gasteiger partial charge in [-0.25, -0.2) is 0 Å². The summed E-state index contributed by atoms with van der Waals surface area (Å²) in [6.07, 6.45) is 12.3. The first-order chi connectivity index (χ1) is 12.6. The summed E-state index contributed by atoms with van der Waals surface area (Å²) in [4.78, 5) is 36.5. The number of hydrogen-bond acceptors (Lipinski definition) is 4. The van der Waals surface area contributed by atoms with Gasteiger partial charge in [0.1, 0.15) is 0 Å². The zero-order valence-electron chi connectivity index (χ0n) is 15.8. The lowest BCUT2D eigenvalue weighted by Crippen LogP contribution is -2.38. The van der Waals surface area contributed by atoms with Gasteiger partial charge >= 0.3 is 0 Å². The van der Waals surface area contributed by atoms with Crippen LogP contribution < -0.4 is 5.73 Å². The van der Waals surface area contributed by atoms with E-state index < -0.39 is 5.91 Å². The summed E-state index contributed by atoms with van der Waals surface area (Å²) in [6, 6.07) is 6.31. The van der Waals surface area contributed by atoms with Crippen molar-refractivity contribution >= 4 is 23.8 Å². The minimum Gasteiger partial charge on any atom is -0.399 e. The van der Waals surface area contributed by atoms with Crippen molar-refractivity contribution in [2.45, 2.75) is 71.1 Å². The molecule has 0 bridgehead atoms. The molecule has 0 aliphatic rings. The molecule has 1 aromatic carbocycles. The highest BCUT2D eigenvalue weighted by molar-refractivity contribution is 6.05. The lowest BCUT2D eigenvalue weighted by Gasteiger charge is -2.18. The van der Waals surface area contributed by atoms with Crippen molar-refractivity contribution in [1.29, 1.82) is 0 Å². The summed E-state index contributed by atoms with van der Waals surface area (Å²) in [6.45, 7) is 1.88. The molecule has 1 rings (SSSR count). The highest BCUT2D eigenvalue weighted by atomic mass is 16.2. The number of nitrogen functional groups attached to an aromatic ring is 1. The largest absolute Gasteiger partial charge is 0.399 e. The van der Waals surface area contributed by atoms with Crippen LogP contribution in [0.3, 0.4) is 0 Å². The van der Waals surface area contributed by atoms with Crippen LogP contribution in [0, 0.1) is 0 Å². The fourth-order valence-electron chi connectivity index (χ4n) is 2.84. The molecule has 0 saturated heterocycles. The number of imide groups is 1. The monoisotopic (exact) mass is 359 g/mol. The summed E-state index contributed by atoms with van der Waals surface area (Å²) in [5.74, 6) is -0.799. The summed E-state index contributed by atoms with van der Waals surface area (Å²) in [5.41, 5.74) is 6.49. The molecule has 26 heavy (non-hydrogen) atoms. The number of nitrogens with zero attached hydrogens (tertiary/aromatic N) is 1. The molecule has 2 amide bonds. The highest BCUT2D eigenvalue weighted by Crippen LogP contribution is 2.13. The lowest BCUT2D eigenvalue weighted by molar-refractivity contribution is -0.128. The zero-order valence-corrected chi connectivity index (χ0v) is 15.8. The van der Waals surface area contributed by atoms with Gasteiger partial charge in [-0.05, 0) is 30.7 Å². The molecule has 143 valence electrons. The Labute approximate surface area is 156 Å². The van der Waals surface area contributed by atoms with E-state index in [-0.39, 0.29) is 18.9 Å². The van der Waals surface area contributed by atoms with Crippen molar-refractivity contribution in [3.05, 3.63) is 29.8 Å². The van der Waals surface area contributed by atoms with Gasteiger partial charge in [-0.15, -0.1) is 0 Å². The molecule has 1 radical (unpaired) electrons. The fourth-order valence-corrected chi connectivity index (χ4v) is 2.84. The van der Waals surface area contributed by atoms with Crippen LogP contribution in [0.25, 0.3) is 0 Å². The highest BCUT2D eigenvalue weighted by Gasteiger charge is 2.22. The summed E-state index contributed by atoms with van der Waals surface area (Å²) in [5, 5.41) is 0. The van der Waals surface area contributed by atoms with Gasteiger partial charge in [-0.2, -0.15) is 0 Å². The van der Waals surface area contributed by atoms with Crippen molar-refractivity contribution in [3.8, 4) is 0 Å². The third-order valence-corrected chi connectivity index (χ3v) is 4.42. The van der Waals surface area contributed by atoms with Gasteiger partial charge in [0, 0.05) is 17.7 Å². The third-order valence-electron chi connectivity index (χ3n) is 4.42. The van der Waals surface area contributed by atoms with E-state index >= 15 is 0 Å². The Hall–Kier alpha value is -2.17. The van der Waals surface area contributed by atoms with E-state index in [9.17, 15) is 14.4 Å². The topological polar surface area (TPSA) is 80.5 Å². The van der Waals surface area contributed by atoms with E-state index in [4.69, 9.17) is 5.73 Å². The Balaban J connectivity index is 2.35. The van der Waals surface area contributed by atoms with E-state index in [1.54, 1.807) is 30.6 Å². The van der Waals surface area contributed by atoms with Gasteiger partial charge in [0.25, 0.3) is 5.91 Å². The Morgan fingerprint density at radius 3 is 2.00 bits per heavy atom. The van der Waals surface area contributed by atoms with Crippen molar-refractivity contribution < 1.29 is 14.4 Å². The Morgan fingerprint density at radius 2 is 1.46 bits per heavy atom. The van der Waals surface area contributed by atoms with Gasteiger partial charge in [-0.3, -0.25) is 19.3 Å². The van der Waals surface area contributed by atoms with Crippen molar-refractivity contribution in [2.75, 3.05) is 12.3 Å². The minimum atomic E-state index is -0.478. The van der Waals surface area contributed by atoms with Crippen molar-refractivity contribution in [3.63, 3.8) is 0 Å². The van der Waals surface area contributed by atoms with Gasteiger partial charge in [0.05, 0.1) is 6.54 Å². The molecule has 2 N–H and O–H groups in total. The normalized spacial score (nSPS) is 10.5. The van der Waals surface area contributed by atoms with Crippen molar-refractivity contribution in [1.82, 2.24) is 4.90 Å². The van der Waals surface area contributed by atoms with Gasteiger partial charge < -0.3 is 5.73 Å².